The normalized spacial score (nSPS) is 18.3. The maximum atomic E-state index is 15.3. The maximum absolute atomic E-state index is 15.3. The van der Waals surface area contributed by atoms with Gasteiger partial charge >= 0.3 is 5.97 Å². The molecule has 8 heteroatoms. The summed E-state index contributed by atoms with van der Waals surface area (Å²) in [5, 5.41) is 9.68. The highest BCUT2D eigenvalue weighted by atomic mass is 35.5. The zero-order chi connectivity index (χ0) is 19.5. The highest BCUT2D eigenvalue weighted by molar-refractivity contribution is 6.38. The second-order valence-corrected chi connectivity index (χ2v) is 7.81. The van der Waals surface area contributed by atoms with E-state index < -0.39 is 17.2 Å². The summed E-state index contributed by atoms with van der Waals surface area (Å²) >= 11 is 6.67. The molecule has 1 aliphatic carbocycles. The Labute approximate surface area is 160 Å². The predicted molar refractivity (Wildman–Crippen MR) is 103 cm³/mol. The molecule has 0 atom stereocenters. The monoisotopic (exact) mass is 393 g/mol. The average Bonchev–Trinajstić information content (AvgIpc) is 3.46. The molecule has 144 valence electrons. The molecule has 2 aromatic rings. The minimum Gasteiger partial charge on any atom is -0.477 e. The van der Waals surface area contributed by atoms with Crippen molar-refractivity contribution in [1.29, 1.82) is 0 Å². The largest absolute Gasteiger partial charge is 0.477 e. The van der Waals surface area contributed by atoms with Crippen LogP contribution >= 0.6 is 11.6 Å². The smallest absolute Gasteiger partial charge is 0.341 e. The number of carbonyl (C=O) groups is 1. The summed E-state index contributed by atoms with van der Waals surface area (Å²) in [6.45, 7) is 4.39. The number of benzene rings is 1. The summed E-state index contributed by atoms with van der Waals surface area (Å²) in [7, 11) is 2.01. The number of hydrogen-bond acceptors (Lipinski definition) is 4. The summed E-state index contributed by atoms with van der Waals surface area (Å²) in [6.07, 6.45) is 3.13. The van der Waals surface area contributed by atoms with Gasteiger partial charge in [0.1, 0.15) is 5.56 Å². The maximum Gasteiger partial charge on any atom is 0.341 e. The molecule has 6 nitrogen and oxygen atoms in total. The van der Waals surface area contributed by atoms with E-state index in [1.165, 1.54) is 13.1 Å². The van der Waals surface area contributed by atoms with Gasteiger partial charge in [-0.05, 0) is 26.8 Å². The van der Waals surface area contributed by atoms with Crippen molar-refractivity contribution < 1.29 is 14.3 Å². The number of fused-ring (bicyclic) bond motifs is 1. The van der Waals surface area contributed by atoms with Crippen LogP contribution in [0.5, 0.6) is 0 Å². The van der Waals surface area contributed by atoms with E-state index in [0.717, 1.165) is 25.9 Å². The van der Waals surface area contributed by atoms with E-state index in [0.29, 0.717) is 24.3 Å². The van der Waals surface area contributed by atoms with E-state index in [9.17, 15) is 14.7 Å². The average molecular weight is 394 g/mol. The number of likely N-dealkylation sites (N-methyl/N-ethyl adjacent to an activating group) is 1. The molecule has 0 amide bonds. The van der Waals surface area contributed by atoms with Crippen LogP contribution < -0.4 is 10.3 Å². The van der Waals surface area contributed by atoms with E-state index in [1.54, 1.807) is 4.57 Å². The summed E-state index contributed by atoms with van der Waals surface area (Å²) in [5.41, 5.74) is -0.114. The Morgan fingerprint density at radius 1 is 1.26 bits per heavy atom. The summed E-state index contributed by atoms with van der Waals surface area (Å²) < 4.78 is 17.1. The van der Waals surface area contributed by atoms with Gasteiger partial charge in [-0.25, -0.2) is 9.18 Å². The van der Waals surface area contributed by atoms with Crippen LogP contribution in [0.4, 0.5) is 10.1 Å². The Morgan fingerprint density at radius 3 is 2.44 bits per heavy atom. The van der Waals surface area contributed by atoms with Gasteiger partial charge in [-0.3, -0.25) is 4.79 Å². The predicted octanol–water partition coefficient (Wildman–Crippen LogP) is 2.89. The van der Waals surface area contributed by atoms with Crippen LogP contribution in [0.2, 0.25) is 5.02 Å². The van der Waals surface area contributed by atoms with Crippen LogP contribution in [-0.4, -0.2) is 53.8 Å². The minimum atomic E-state index is -1.31. The lowest BCUT2D eigenvalue weighted by Crippen LogP contribution is -2.45. The highest BCUT2D eigenvalue weighted by Crippen LogP contribution is 2.43. The Hall–Kier alpha value is -2.12. The Bertz CT molecular complexity index is 1010. The molecule has 2 fully saturated rings. The van der Waals surface area contributed by atoms with Crippen LogP contribution in [0.25, 0.3) is 10.9 Å². The lowest BCUT2D eigenvalue weighted by atomic mass is 10.0. The van der Waals surface area contributed by atoms with Crippen LogP contribution in [0.3, 0.4) is 0 Å². The number of aromatic nitrogens is 1. The van der Waals surface area contributed by atoms with Crippen LogP contribution in [0.15, 0.2) is 11.0 Å². The molecule has 27 heavy (non-hydrogen) atoms. The minimum absolute atomic E-state index is 0.0715. The van der Waals surface area contributed by atoms with Gasteiger partial charge in [-0.1, -0.05) is 11.6 Å². The zero-order valence-corrected chi connectivity index (χ0v) is 16.0. The summed E-state index contributed by atoms with van der Waals surface area (Å²) in [6, 6.07) is 0.0916. The number of hydrogen-bond donors (Lipinski definition) is 1. The third-order valence-corrected chi connectivity index (χ3v) is 5.91. The quantitative estimate of drug-likeness (QED) is 0.868. The molecule has 0 unspecified atom stereocenters. The number of carboxylic acids is 1. The van der Waals surface area contributed by atoms with E-state index in [1.807, 2.05) is 11.9 Å². The van der Waals surface area contributed by atoms with Gasteiger partial charge in [-0.15, -0.1) is 0 Å². The number of carboxylic acid groups (broad SMARTS) is 1. The lowest BCUT2D eigenvalue weighted by molar-refractivity contribution is 0.0695. The number of anilines is 1. The van der Waals surface area contributed by atoms with E-state index in [-0.39, 0.29) is 27.6 Å². The van der Waals surface area contributed by atoms with E-state index in [4.69, 9.17) is 11.6 Å². The number of halogens is 2. The van der Waals surface area contributed by atoms with Crippen LogP contribution in [0.1, 0.15) is 34.8 Å². The van der Waals surface area contributed by atoms with Gasteiger partial charge in [0.25, 0.3) is 0 Å². The van der Waals surface area contributed by atoms with Crippen molar-refractivity contribution >= 4 is 34.2 Å². The van der Waals surface area contributed by atoms with Crippen molar-refractivity contribution in [2.45, 2.75) is 25.8 Å². The molecule has 1 aromatic carbocycles. The molecular formula is C19H21ClFN3O3. The second kappa shape index (κ2) is 6.49. The first-order valence-corrected chi connectivity index (χ1v) is 9.42. The fourth-order valence-corrected chi connectivity index (χ4v) is 4.20. The van der Waals surface area contributed by atoms with Gasteiger partial charge in [0.05, 0.1) is 21.6 Å². The first kappa shape index (κ1) is 18.3. The van der Waals surface area contributed by atoms with Crippen molar-refractivity contribution in [3.8, 4) is 0 Å². The molecule has 0 bridgehead atoms. The van der Waals surface area contributed by atoms with Crippen molar-refractivity contribution in [1.82, 2.24) is 9.47 Å². The molecule has 2 aliphatic rings. The molecule has 1 saturated carbocycles. The molecule has 0 spiro atoms. The zero-order valence-electron chi connectivity index (χ0n) is 15.3. The highest BCUT2D eigenvalue weighted by Gasteiger charge is 2.32. The SMILES string of the molecule is Cc1c(F)c(N2CCN(C)CC2)c(Cl)c2c1c(=O)c(C(=O)O)cn2C1CC1. The standard InChI is InChI=1S/C19H21ClFN3O3/c1-10-13-16(24(11-3-4-11)9-12(18(13)25)19(26)27)14(20)17(15(10)21)23-7-5-22(2)6-8-23/h9,11H,3-8H2,1-2H3,(H,26,27). The van der Waals surface area contributed by atoms with Crippen molar-refractivity contribution in [3.63, 3.8) is 0 Å². The molecule has 4 rings (SSSR count). The van der Waals surface area contributed by atoms with Crippen molar-refractivity contribution in [3.05, 3.63) is 38.4 Å². The number of aryl methyl sites for hydroxylation is 1. The first-order valence-electron chi connectivity index (χ1n) is 9.04. The Morgan fingerprint density at radius 2 is 1.89 bits per heavy atom. The third kappa shape index (κ3) is 2.89. The number of pyridine rings is 1. The topological polar surface area (TPSA) is 65.8 Å². The van der Waals surface area contributed by atoms with Crippen molar-refractivity contribution in [2.24, 2.45) is 0 Å². The fraction of sp³-hybridized carbons (Fsp3) is 0.474. The van der Waals surface area contributed by atoms with Gasteiger partial charge in [0, 0.05) is 44.0 Å². The van der Waals surface area contributed by atoms with Crippen LogP contribution in [-0.2, 0) is 0 Å². The first-order chi connectivity index (χ1) is 12.8. The summed E-state index contributed by atoms with van der Waals surface area (Å²) in [4.78, 5) is 28.4. The number of piperazine rings is 1. The molecule has 1 saturated heterocycles. The van der Waals surface area contributed by atoms with Gasteiger partial charge in [-0.2, -0.15) is 0 Å². The fourth-order valence-electron chi connectivity index (χ4n) is 3.80. The lowest BCUT2D eigenvalue weighted by Gasteiger charge is -2.35. The summed E-state index contributed by atoms with van der Waals surface area (Å²) in [5.74, 6) is -1.85. The molecule has 2 heterocycles. The Balaban J connectivity index is 2.03. The molecule has 1 N–H and O–H groups in total. The van der Waals surface area contributed by atoms with Crippen molar-refractivity contribution in [2.75, 3.05) is 38.1 Å². The Kier molecular flexibility index (Phi) is 4.39. The third-order valence-electron chi connectivity index (χ3n) is 5.55. The van der Waals surface area contributed by atoms with E-state index in [2.05, 4.69) is 4.90 Å². The van der Waals surface area contributed by atoms with Crippen LogP contribution in [0, 0.1) is 12.7 Å². The van der Waals surface area contributed by atoms with Gasteiger partial charge in [0.15, 0.2) is 5.82 Å². The number of rotatable bonds is 3. The number of nitrogens with zero attached hydrogens (tertiary/aromatic N) is 3. The second-order valence-electron chi connectivity index (χ2n) is 7.43. The van der Waals surface area contributed by atoms with E-state index >= 15 is 4.39 Å². The number of aromatic carboxylic acids is 1. The molecule has 1 aromatic heterocycles. The van der Waals surface area contributed by atoms with Gasteiger partial charge in [0.2, 0.25) is 5.43 Å². The van der Waals surface area contributed by atoms with Gasteiger partial charge < -0.3 is 19.5 Å². The molecular weight excluding hydrogens is 373 g/mol. The molecule has 1 aliphatic heterocycles. The molecule has 0 radical (unpaired) electrons.